The fraction of sp³-hybridized carbons (Fsp3) is 0.393. The lowest BCUT2D eigenvalue weighted by atomic mass is 9.49. The van der Waals surface area contributed by atoms with Gasteiger partial charge in [0.05, 0.1) is 35.2 Å². The average Bonchev–Trinajstić information content (AvgIpc) is 2.88. The minimum atomic E-state index is -3.04. The molecule has 8 unspecified atom stereocenters. The third kappa shape index (κ3) is 3.36. The SMILES string of the molecule is CC1c2cc(-c3ccccc3)c(N)c(O)c2C(=O)C2C(=O)C3(O)C(=O)C(C(N)=O)C(=O)C(N(C)C)C3C(O)C21. The van der Waals surface area contributed by atoms with Crippen LogP contribution in [0.4, 0.5) is 5.69 Å². The van der Waals surface area contributed by atoms with Crippen LogP contribution in [0.5, 0.6) is 5.75 Å². The fourth-order valence-corrected chi connectivity index (χ4v) is 6.92. The van der Waals surface area contributed by atoms with E-state index in [1.165, 1.54) is 19.0 Å². The lowest BCUT2D eigenvalue weighted by molar-refractivity contribution is -0.196. The molecule has 2 aromatic carbocycles. The smallest absolute Gasteiger partial charge is 0.235 e. The molecule has 2 aromatic rings. The maximum absolute atomic E-state index is 14.0. The molecule has 0 aromatic heterocycles. The molecular formula is C28H29N3O8. The Morgan fingerprint density at radius 1 is 1.05 bits per heavy atom. The first-order valence-electron chi connectivity index (χ1n) is 12.5. The van der Waals surface area contributed by atoms with E-state index in [-0.39, 0.29) is 11.3 Å². The molecule has 0 saturated heterocycles. The van der Waals surface area contributed by atoms with Crippen LogP contribution in [0.2, 0.25) is 0 Å². The van der Waals surface area contributed by atoms with Crippen molar-refractivity contribution in [3.8, 4) is 16.9 Å². The lowest BCUT2D eigenvalue weighted by Gasteiger charge is -2.56. The number of nitrogen functional groups attached to an aromatic ring is 1. The highest BCUT2D eigenvalue weighted by Gasteiger charge is 2.72. The van der Waals surface area contributed by atoms with Gasteiger partial charge in [-0.15, -0.1) is 0 Å². The Morgan fingerprint density at radius 2 is 1.67 bits per heavy atom. The molecule has 204 valence electrons. The number of aliphatic hydroxyl groups is 2. The summed E-state index contributed by atoms with van der Waals surface area (Å²) in [6.07, 6.45) is -1.70. The highest BCUT2D eigenvalue weighted by atomic mass is 16.3. The third-order valence-electron chi connectivity index (χ3n) is 8.73. The van der Waals surface area contributed by atoms with E-state index in [1.54, 1.807) is 43.3 Å². The predicted octanol–water partition coefficient (Wildman–Crippen LogP) is -0.352. The number of fused-ring (bicyclic) bond motifs is 3. The molecule has 0 radical (unpaired) electrons. The number of hydrogen-bond donors (Lipinski definition) is 5. The number of rotatable bonds is 3. The van der Waals surface area contributed by atoms with Crippen LogP contribution in [0.15, 0.2) is 36.4 Å². The summed E-state index contributed by atoms with van der Waals surface area (Å²) in [6, 6.07) is 9.09. The van der Waals surface area contributed by atoms with Crippen LogP contribution in [0.3, 0.4) is 0 Å². The van der Waals surface area contributed by atoms with Crippen LogP contribution in [0.1, 0.15) is 28.8 Å². The summed E-state index contributed by atoms with van der Waals surface area (Å²) < 4.78 is 0. The minimum absolute atomic E-state index is 0.0971. The molecular weight excluding hydrogens is 506 g/mol. The van der Waals surface area contributed by atoms with Gasteiger partial charge in [-0.05, 0) is 37.2 Å². The highest BCUT2D eigenvalue weighted by Crippen LogP contribution is 2.55. The molecule has 3 aliphatic rings. The number of Topliss-reactive ketones (excluding diaryl/α,β-unsaturated/α-hetero) is 4. The number of hydrogen-bond acceptors (Lipinski definition) is 10. The first-order chi connectivity index (χ1) is 18.3. The number of phenolic OH excluding ortho intramolecular Hbond substituents is 1. The number of amides is 1. The number of nitrogens with zero attached hydrogens (tertiary/aromatic N) is 1. The third-order valence-corrected chi connectivity index (χ3v) is 8.73. The number of anilines is 1. The number of carbonyl (C=O) groups excluding carboxylic acids is 5. The van der Waals surface area contributed by atoms with Gasteiger partial charge in [-0.25, -0.2) is 0 Å². The minimum Gasteiger partial charge on any atom is -0.505 e. The van der Waals surface area contributed by atoms with Crippen LogP contribution in [-0.2, 0) is 19.2 Å². The van der Waals surface area contributed by atoms with Gasteiger partial charge in [0.2, 0.25) is 5.91 Å². The van der Waals surface area contributed by atoms with E-state index >= 15 is 0 Å². The largest absolute Gasteiger partial charge is 0.505 e. The normalized spacial score (nSPS) is 33.9. The van der Waals surface area contributed by atoms with Gasteiger partial charge in [0, 0.05) is 11.5 Å². The Balaban J connectivity index is 1.73. The van der Waals surface area contributed by atoms with Gasteiger partial charge in [-0.2, -0.15) is 0 Å². The summed E-state index contributed by atoms with van der Waals surface area (Å²) in [6.45, 7) is 1.65. The molecule has 11 heteroatoms. The highest BCUT2D eigenvalue weighted by molar-refractivity contribution is 6.32. The van der Waals surface area contributed by atoms with Crippen molar-refractivity contribution in [2.45, 2.75) is 30.6 Å². The Bertz CT molecular complexity index is 1450. The van der Waals surface area contributed by atoms with Crippen LogP contribution in [0, 0.1) is 23.7 Å². The van der Waals surface area contributed by atoms with Gasteiger partial charge >= 0.3 is 0 Å². The second-order valence-electron chi connectivity index (χ2n) is 10.9. The Labute approximate surface area is 223 Å². The van der Waals surface area contributed by atoms with E-state index in [4.69, 9.17) is 11.5 Å². The molecule has 0 heterocycles. The maximum Gasteiger partial charge on any atom is 0.235 e. The molecule has 11 nitrogen and oxygen atoms in total. The summed E-state index contributed by atoms with van der Waals surface area (Å²) in [5.41, 5.74) is 9.59. The van der Waals surface area contributed by atoms with Crippen LogP contribution >= 0.6 is 0 Å². The lowest BCUT2D eigenvalue weighted by Crippen LogP contribution is -2.77. The average molecular weight is 536 g/mol. The van der Waals surface area contributed by atoms with Gasteiger partial charge in [-0.3, -0.25) is 28.9 Å². The number of phenols is 1. The van der Waals surface area contributed by atoms with Gasteiger partial charge in [0.1, 0.15) is 5.75 Å². The van der Waals surface area contributed by atoms with Crippen LogP contribution in [0.25, 0.3) is 11.1 Å². The van der Waals surface area contributed by atoms with E-state index in [0.29, 0.717) is 16.7 Å². The molecule has 3 aliphatic carbocycles. The molecule has 39 heavy (non-hydrogen) atoms. The quantitative estimate of drug-likeness (QED) is 0.196. The molecule has 1 amide bonds. The molecule has 7 N–H and O–H groups in total. The standard InChI is InChI=1S/C28H29N3O8/c1-10-12-9-13(11-7-5-4-6-8-11)19(29)23(34)15(12)21(32)16-14(10)22(33)18-20(31(2)3)24(35)17(27(30)38)26(37)28(18,39)25(16)36/h4-10,14,16-18,20,22,33-34,39H,29H2,1-3H3,(H2,30,38). The summed E-state index contributed by atoms with van der Waals surface area (Å²) >= 11 is 0. The first kappa shape index (κ1) is 26.7. The number of benzene rings is 2. The maximum atomic E-state index is 14.0. The van der Waals surface area contributed by atoms with Crippen molar-refractivity contribution >= 4 is 34.7 Å². The van der Waals surface area contributed by atoms with Gasteiger partial charge in [0.15, 0.2) is 34.7 Å². The second-order valence-corrected chi connectivity index (χ2v) is 10.9. The molecule has 0 bridgehead atoms. The summed E-state index contributed by atoms with van der Waals surface area (Å²) in [4.78, 5) is 67.9. The van der Waals surface area contributed by atoms with Crippen molar-refractivity contribution in [2.24, 2.45) is 29.4 Å². The number of carbonyl (C=O) groups is 5. The molecule has 0 spiro atoms. The van der Waals surface area contributed by atoms with Crippen molar-refractivity contribution in [1.29, 1.82) is 0 Å². The zero-order chi connectivity index (χ0) is 28.7. The first-order valence-corrected chi connectivity index (χ1v) is 12.5. The van der Waals surface area contributed by atoms with Crippen LogP contribution < -0.4 is 11.5 Å². The number of aromatic hydroxyl groups is 1. The molecule has 0 aliphatic heterocycles. The fourth-order valence-electron chi connectivity index (χ4n) is 6.92. The van der Waals surface area contributed by atoms with Crippen molar-refractivity contribution < 1.29 is 39.3 Å². The molecule has 8 atom stereocenters. The predicted molar refractivity (Wildman–Crippen MR) is 137 cm³/mol. The van der Waals surface area contributed by atoms with Gasteiger partial charge in [-0.1, -0.05) is 37.3 Å². The Kier molecular flexibility index (Phi) is 6.02. The molecule has 5 rings (SSSR count). The van der Waals surface area contributed by atoms with E-state index in [2.05, 4.69) is 0 Å². The Hall–Kier alpha value is -3.93. The topological polar surface area (TPSA) is 201 Å². The van der Waals surface area contributed by atoms with Crippen molar-refractivity contribution in [3.05, 3.63) is 47.5 Å². The zero-order valence-electron chi connectivity index (χ0n) is 21.5. The Morgan fingerprint density at radius 3 is 2.23 bits per heavy atom. The summed E-state index contributed by atoms with van der Waals surface area (Å²) in [7, 11) is 2.88. The number of ketones is 4. The van der Waals surface area contributed by atoms with Crippen molar-refractivity contribution in [2.75, 3.05) is 19.8 Å². The van der Waals surface area contributed by atoms with Crippen molar-refractivity contribution in [1.82, 2.24) is 4.90 Å². The second kappa shape index (κ2) is 8.80. The van der Waals surface area contributed by atoms with Crippen molar-refractivity contribution in [3.63, 3.8) is 0 Å². The van der Waals surface area contributed by atoms with E-state index < -0.39 is 82.1 Å². The van der Waals surface area contributed by atoms with E-state index in [0.717, 1.165) is 0 Å². The number of primary amides is 1. The van der Waals surface area contributed by atoms with E-state index in [1.807, 2.05) is 0 Å². The number of nitrogens with two attached hydrogens (primary N) is 2. The molecule has 2 fully saturated rings. The van der Waals surface area contributed by atoms with Gasteiger partial charge in [0.25, 0.3) is 0 Å². The number of aliphatic hydroxyl groups excluding tert-OH is 1. The van der Waals surface area contributed by atoms with Crippen LogP contribution in [-0.4, -0.2) is 81.1 Å². The van der Waals surface area contributed by atoms with Gasteiger partial charge < -0.3 is 26.8 Å². The summed E-state index contributed by atoms with van der Waals surface area (Å²) in [5.74, 6) is -13.9. The summed E-state index contributed by atoms with van der Waals surface area (Å²) in [5, 5.41) is 34.4. The monoisotopic (exact) mass is 535 g/mol. The number of likely N-dealkylation sites (N-methyl/N-ethyl adjacent to an activating group) is 1. The zero-order valence-corrected chi connectivity index (χ0v) is 21.5. The van der Waals surface area contributed by atoms with E-state index in [9.17, 15) is 39.3 Å². The molecule has 2 saturated carbocycles.